The zero-order valence-corrected chi connectivity index (χ0v) is 18.7. The normalized spacial score (nSPS) is 10.6. The Bertz CT molecular complexity index is 864. The number of sulfonamides is 1. The first-order valence-electron chi connectivity index (χ1n) is 8.97. The van der Waals surface area contributed by atoms with Gasteiger partial charge >= 0.3 is 6.03 Å². The molecule has 28 heavy (non-hydrogen) atoms. The fourth-order valence-electron chi connectivity index (χ4n) is 2.00. The largest absolute Gasteiger partial charge is 0.494 e. The molecule has 0 atom stereocenters. The summed E-state index contributed by atoms with van der Waals surface area (Å²) in [7, 11) is -0.743. The van der Waals surface area contributed by atoms with Gasteiger partial charge in [-0.2, -0.15) is 0 Å². The second-order valence-corrected chi connectivity index (χ2v) is 8.50. The lowest BCUT2D eigenvalue weighted by atomic mass is 10.3. The molecule has 0 radical (unpaired) electrons. The SMILES string of the molecule is CC.CCCOc1ccc(NC(=O)N(C)c2nc(C)c(S(=O)(=O)NC)s2)cc1. The van der Waals surface area contributed by atoms with E-state index in [0.29, 0.717) is 18.0 Å². The van der Waals surface area contributed by atoms with Crippen molar-refractivity contribution in [1.29, 1.82) is 0 Å². The number of amides is 2. The minimum Gasteiger partial charge on any atom is -0.494 e. The Morgan fingerprint density at radius 3 is 2.39 bits per heavy atom. The highest BCUT2D eigenvalue weighted by Gasteiger charge is 2.23. The number of rotatable bonds is 7. The number of hydrogen-bond donors (Lipinski definition) is 2. The Morgan fingerprint density at radius 1 is 1.25 bits per heavy atom. The van der Waals surface area contributed by atoms with Crippen LogP contribution in [0.2, 0.25) is 0 Å². The summed E-state index contributed by atoms with van der Waals surface area (Å²) in [5, 5.41) is 3.03. The number of carbonyl (C=O) groups is 1. The molecule has 0 bridgehead atoms. The van der Waals surface area contributed by atoms with E-state index in [1.54, 1.807) is 31.2 Å². The molecular weight excluding hydrogens is 400 g/mol. The van der Waals surface area contributed by atoms with Gasteiger partial charge in [0.25, 0.3) is 10.0 Å². The van der Waals surface area contributed by atoms with Crippen LogP contribution in [0.3, 0.4) is 0 Å². The molecule has 2 rings (SSSR count). The van der Waals surface area contributed by atoms with Crippen molar-refractivity contribution in [3.63, 3.8) is 0 Å². The Hall–Kier alpha value is -2.17. The van der Waals surface area contributed by atoms with Crippen LogP contribution in [0, 0.1) is 6.92 Å². The molecule has 0 spiro atoms. The van der Waals surface area contributed by atoms with E-state index >= 15 is 0 Å². The molecule has 1 heterocycles. The van der Waals surface area contributed by atoms with Crippen LogP contribution in [-0.4, -0.2) is 40.1 Å². The molecule has 0 unspecified atom stereocenters. The average Bonchev–Trinajstić information content (AvgIpc) is 3.11. The number of thiazole rings is 1. The van der Waals surface area contributed by atoms with Crippen LogP contribution in [0.1, 0.15) is 32.9 Å². The molecule has 0 aliphatic rings. The van der Waals surface area contributed by atoms with E-state index in [1.165, 1.54) is 19.0 Å². The van der Waals surface area contributed by atoms with E-state index in [1.807, 2.05) is 20.8 Å². The van der Waals surface area contributed by atoms with Crippen molar-refractivity contribution in [2.45, 2.75) is 38.3 Å². The van der Waals surface area contributed by atoms with Gasteiger partial charge in [-0.05, 0) is 44.7 Å². The van der Waals surface area contributed by atoms with Gasteiger partial charge < -0.3 is 10.1 Å². The van der Waals surface area contributed by atoms with Gasteiger partial charge in [0.05, 0.1) is 12.3 Å². The molecule has 1 aromatic carbocycles. The van der Waals surface area contributed by atoms with Crippen molar-refractivity contribution in [2.24, 2.45) is 0 Å². The number of nitrogens with one attached hydrogen (secondary N) is 2. The predicted molar refractivity (Wildman–Crippen MR) is 114 cm³/mol. The summed E-state index contributed by atoms with van der Waals surface area (Å²) in [5.41, 5.74) is 0.943. The van der Waals surface area contributed by atoms with Crippen LogP contribution in [-0.2, 0) is 10.0 Å². The standard InChI is InChI=1S/C16H22N4O4S2.C2H6/c1-5-10-24-13-8-6-12(7-9-13)19-15(21)20(4)16-18-11(2)14(25-16)26(22,23)17-3;1-2/h6-9,17H,5,10H2,1-4H3,(H,19,21);1-2H3. The number of benzene rings is 1. The van der Waals surface area contributed by atoms with Gasteiger partial charge in [-0.3, -0.25) is 4.90 Å². The van der Waals surface area contributed by atoms with Crippen LogP contribution < -0.4 is 19.7 Å². The molecule has 1 aromatic heterocycles. The molecule has 2 aromatic rings. The van der Waals surface area contributed by atoms with Gasteiger partial charge in [-0.15, -0.1) is 0 Å². The third kappa shape index (κ3) is 6.18. The van der Waals surface area contributed by atoms with E-state index in [9.17, 15) is 13.2 Å². The van der Waals surface area contributed by atoms with Crippen LogP contribution >= 0.6 is 11.3 Å². The number of anilines is 2. The highest BCUT2D eigenvalue weighted by atomic mass is 32.2. The Balaban J connectivity index is 0.00000190. The summed E-state index contributed by atoms with van der Waals surface area (Å²) < 4.78 is 31.7. The van der Waals surface area contributed by atoms with Crippen molar-refractivity contribution in [1.82, 2.24) is 9.71 Å². The van der Waals surface area contributed by atoms with Gasteiger partial charge in [0.1, 0.15) is 5.75 Å². The van der Waals surface area contributed by atoms with E-state index in [2.05, 4.69) is 15.0 Å². The van der Waals surface area contributed by atoms with Crippen molar-refractivity contribution >= 4 is 38.2 Å². The number of urea groups is 1. The summed E-state index contributed by atoms with van der Waals surface area (Å²) in [6.07, 6.45) is 0.918. The lowest BCUT2D eigenvalue weighted by molar-refractivity contribution is 0.258. The third-order valence-corrected chi connectivity index (χ3v) is 6.68. The Labute approximate surface area is 171 Å². The minimum atomic E-state index is -3.60. The van der Waals surface area contributed by atoms with E-state index in [0.717, 1.165) is 23.5 Å². The van der Waals surface area contributed by atoms with Crippen molar-refractivity contribution < 1.29 is 17.9 Å². The lowest BCUT2D eigenvalue weighted by Gasteiger charge is -2.15. The Kier molecular flexibility index (Phi) is 9.36. The minimum absolute atomic E-state index is 0.0899. The third-order valence-electron chi connectivity index (χ3n) is 3.43. The second-order valence-electron chi connectivity index (χ2n) is 5.44. The van der Waals surface area contributed by atoms with Crippen molar-refractivity contribution in [2.75, 3.05) is 30.9 Å². The number of aromatic nitrogens is 1. The summed E-state index contributed by atoms with van der Waals surface area (Å²) in [5.74, 6) is 0.732. The zero-order chi connectivity index (χ0) is 21.3. The molecule has 0 aliphatic carbocycles. The molecule has 156 valence electrons. The first kappa shape index (κ1) is 23.9. The smallest absolute Gasteiger partial charge is 0.327 e. The lowest BCUT2D eigenvalue weighted by Crippen LogP contribution is -2.31. The molecule has 0 aliphatic heterocycles. The predicted octanol–water partition coefficient (Wildman–Crippen LogP) is 3.84. The first-order chi connectivity index (χ1) is 13.3. The monoisotopic (exact) mass is 428 g/mol. The topological polar surface area (TPSA) is 101 Å². The van der Waals surface area contributed by atoms with Crippen LogP contribution in [0.25, 0.3) is 0 Å². The van der Waals surface area contributed by atoms with Crippen molar-refractivity contribution in [3.8, 4) is 5.75 Å². The zero-order valence-electron chi connectivity index (χ0n) is 17.1. The fraction of sp³-hybridized carbons (Fsp3) is 0.444. The van der Waals surface area contributed by atoms with Gasteiger partial charge in [-0.25, -0.2) is 22.9 Å². The number of aryl methyl sites for hydroxylation is 1. The fourth-order valence-corrected chi connectivity index (χ4v) is 4.30. The van der Waals surface area contributed by atoms with Gasteiger partial charge in [-0.1, -0.05) is 32.1 Å². The van der Waals surface area contributed by atoms with Crippen LogP contribution in [0.4, 0.5) is 15.6 Å². The number of carbonyl (C=O) groups excluding carboxylic acids is 1. The maximum absolute atomic E-state index is 12.4. The molecule has 2 amide bonds. The van der Waals surface area contributed by atoms with E-state index < -0.39 is 16.1 Å². The second kappa shape index (κ2) is 11.0. The molecule has 0 saturated heterocycles. The van der Waals surface area contributed by atoms with Crippen LogP contribution in [0.15, 0.2) is 28.5 Å². The first-order valence-corrected chi connectivity index (χ1v) is 11.3. The Morgan fingerprint density at radius 2 is 1.86 bits per heavy atom. The summed E-state index contributed by atoms with van der Waals surface area (Å²) in [6, 6.07) is 6.60. The molecule has 0 saturated carbocycles. The van der Waals surface area contributed by atoms with Gasteiger partial charge in [0, 0.05) is 12.7 Å². The molecule has 0 fully saturated rings. The highest BCUT2D eigenvalue weighted by molar-refractivity contribution is 7.91. The number of hydrogen-bond acceptors (Lipinski definition) is 6. The maximum atomic E-state index is 12.4. The van der Waals surface area contributed by atoms with E-state index in [-0.39, 0.29) is 9.34 Å². The molecular formula is C18H28N4O4S2. The summed E-state index contributed by atoms with van der Waals surface area (Å²) >= 11 is 0.933. The molecule has 10 heteroatoms. The summed E-state index contributed by atoms with van der Waals surface area (Å²) in [6.45, 7) is 8.25. The van der Waals surface area contributed by atoms with Crippen molar-refractivity contribution in [3.05, 3.63) is 30.0 Å². The highest BCUT2D eigenvalue weighted by Crippen LogP contribution is 2.29. The van der Waals surface area contributed by atoms with E-state index in [4.69, 9.17) is 4.74 Å². The number of ether oxygens (including phenoxy) is 1. The van der Waals surface area contributed by atoms with Gasteiger partial charge in [0.15, 0.2) is 9.34 Å². The molecule has 8 nitrogen and oxygen atoms in total. The molecule has 2 N–H and O–H groups in total. The average molecular weight is 429 g/mol. The quantitative estimate of drug-likeness (QED) is 0.698. The van der Waals surface area contributed by atoms with Gasteiger partial charge in [0.2, 0.25) is 0 Å². The number of nitrogens with zero attached hydrogens (tertiary/aromatic N) is 2. The summed E-state index contributed by atoms with van der Waals surface area (Å²) in [4.78, 5) is 17.8. The maximum Gasteiger partial charge on any atom is 0.327 e. The van der Waals surface area contributed by atoms with Crippen LogP contribution in [0.5, 0.6) is 5.75 Å².